The van der Waals surface area contributed by atoms with Crippen LogP contribution in [0.15, 0.2) is 18.2 Å². The highest BCUT2D eigenvalue weighted by Gasteiger charge is 2.16. The number of aromatic nitrogens is 1. The topological polar surface area (TPSA) is 74.2 Å². The molecule has 5 nitrogen and oxygen atoms in total. The van der Waals surface area contributed by atoms with E-state index < -0.39 is 0 Å². The third kappa shape index (κ3) is 2.52. The number of phenolic OH excluding ortho intramolecular Hbond substituents is 1. The van der Waals surface area contributed by atoms with Gasteiger partial charge in [-0.3, -0.25) is 10.1 Å². The highest BCUT2D eigenvalue weighted by molar-refractivity contribution is 7.15. The zero-order valence-corrected chi connectivity index (χ0v) is 11.9. The number of nitrogens with zero attached hydrogens (tertiary/aromatic N) is 1. The summed E-state index contributed by atoms with van der Waals surface area (Å²) in [6.45, 7) is 3.52. The van der Waals surface area contributed by atoms with Crippen molar-refractivity contribution in [2.24, 2.45) is 0 Å². The number of phenols is 1. The van der Waals surface area contributed by atoms with Gasteiger partial charge in [0, 0.05) is 30.0 Å². The van der Waals surface area contributed by atoms with Crippen molar-refractivity contribution in [1.82, 2.24) is 10.3 Å². The summed E-state index contributed by atoms with van der Waals surface area (Å²) in [4.78, 5) is 17.8. The lowest BCUT2D eigenvalue weighted by molar-refractivity contribution is 0.102. The fourth-order valence-electron chi connectivity index (χ4n) is 2.14. The lowest BCUT2D eigenvalue weighted by Crippen LogP contribution is -2.22. The van der Waals surface area contributed by atoms with Crippen LogP contribution in [0.5, 0.6) is 5.75 Å². The summed E-state index contributed by atoms with van der Waals surface area (Å²) in [7, 11) is 0. The Bertz CT molecular complexity index is 643. The molecule has 1 aliphatic heterocycles. The molecule has 104 valence electrons. The van der Waals surface area contributed by atoms with Gasteiger partial charge in [0.1, 0.15) is 5.75 Å². The van der Waals surface area contributed by atoms with Gasteiger partial charge in [0.25, 0.3) is 5.91 Å². The van der Waals surface area contributed by atoms with Gasteiger partial charge < -0.3 is 10.4 Å². The first-order valence-corrected chi connectivity index (χ1v) is 7.25. The lowest BCUT2D eigenvalue weighted by Gasteiger charge is -2.09. The van der Waals surface area contributed by atoms with Crippen LogP contribution in [0.2, 0.25) is 0 Å². The van der Waals surface area contributed by atoms with Crippen molar-refractivity contribution in [3.8, 4) is 5.75 Å². The number of carbonyl (C=O) groups excluding carboxylic acids is 1. The average molecular weight is 289 g/mol. The molecule has 2 aromatic rings. The van der Waals surface area contributed by atoms with Crippen molar-refractivity contribution >= 4 is 22.4 Å². The molecule has 1 aliphatic rings. The van der Waals surface area contributed by atoms with Crippen LogP contribution in [0.3, 0.4) is 0 Å². The van der Waals surface area contributed by atoms with Crippen molar-refractivity contribution in [3.63, 3.8) is 0 Å². The van der Waals surface area contributed by atoms with Crippen molar-refractivity contribution in [2.75, 3.05) is 11.9 Å². The molecule has 0 radical (unpaired) electrons. The summed E-state index contributed by atoms with van der Waals surface area (Å²) >= 11 is 1.51. The Labute approximate surface area is 120 Å². The normalized spacial score (nSPS) is 13.8. The molecule has 3 N–H and O–H groups in total. The molecule has 0 spiro atoms. The van der Waals surface area contributed by atoms with Gasteiger partial charge in [-0.05, 0) is 30.7 Å². The summed E-state index contributed by atoms with van der Waals surface area (Å²) < 4.78 is 0. The molecule has 1 aromatic carbocycles. The molecule has 0 aliphatic carbocycles. The Kier molecular flexibility index (Phi) is 3.42. The number of thiazole rings is 1. The lowest BCUT2D eigenvalue weighted by atomic mass is 10.1. The zero-order chi connectivity index (χ0) is 14.1. The van der Waals surface area contributed by atoms with Crippen LogP contribution in [0.4, 0.5) is 5.13 Å². The molecular formula is C14H15N3O2S. The molecule has 0 atom stereocenters. The predicted molar refractivity (Wildman–Crippen MR) is 78.3 cm³/mol. The van der Waals surface area contributed by atoms with Gasteiger partial charge in [-0.2, -0.15) is 0 Å². The number of aryl methyl sites for hydroxylation is 1. The van der Waals surface area contributed by atoms with E-state index in [1.165, 1.54) is 22.3 Å². The maximum atomic E-state index is 12.1. The van der Waals surface area contributed by atoms with Crippen molar-refractivity contribution < 1.29 is 9.90 Å². The largest absolute Gasteiger partial charge is 0.508 e. The quantitative estimate of drug-likeness (QED) is 0.791. The molecule has 1 aromatic heterocycles. The fourth-order valence-corrected chi connectivity index (χ4v) is 3.12. The standard InChI is InChI=1S/C14H15N3O2S/c1-8-6-9(2-3-11(8)18)13(19)17-14-16-10-4-5-15-7-12(10)20-14/h2-3,6,15,18H,4-5,7H2,1H3,(H,16,17,19). The molecule has 3 rings (SSSR count). The zero-order valence-electron chi connectivity index (χ0n) is 11.1. The molecule has 0 bridgehead atoms. The molecule has 1 amide bonds. The summed E-state index contributed by atoms with van der Waals surface area (Å²) in [5.74, 6) is -0.00973. The highest BCUT2D eigenvalue weighted by atomic mass is 32.1. The number of nitrogens with one attached hydrogen (secondary N) is 2. The summed E-state index contributed by atoms with van der Waals surface area (Å²) in [6.07, 6.45) is 0.903. The Morgan fingerprint density at radius 2 is 2.35 bits per heavy atom. The van der Waals surface area contributed by atoms with E-state index in [1.54, 1.807) is 19.1 Å². The van der Waals surface area contributed by atoms with Gasteiger partial charge in [-0.15, -0.1) is 11.3 Å². The molecular weight excluding hydrogens is 274 g/mol. The smallest absolute Gasteiger partial charge is 0.257 e. The van der Waals surface area contributed by atoms with Gasteiger partial charge >= 0.3 is 0 Å². The Morgan fingerprint density at radius 1 is 1.50 bits per heavy atom. The van der Waals surface area contributed by atoms with Gasteiger partial charge in [-0.1, -0.05) is 0 Å². The van der Waals surface area contributed by atoms with Crippen LogP contribution >= 0.6 is 11.3 Å². The van der Waals surface area contributed by atoms with E-state index in [2.05, 4.69) is 15.6 Å². The second-order valence-corrected chi connectivity index (χ2v) is 5.85. The van der Waals surface area contributed by atoms with Crippen LogP contribution in [0.1, 0.15) is 26.5 Å². The van der Waals surface area contributed by atoms with E-state index in [9.17, 15) is 9.90 Å². The number of hydrogen-bond donors (Lipinski definition) is 3. The van der Waals surface area contributed by atoms with Gasteiger partial charge in [0.2, 0.25) is 0 Å². The number of rotatable bonds is 2. The Morgan fingerprint density at radius 3 is 3.10 bits per heavy atom. The molecule has 0 fully saturated rings. The monoisotopic (exact) mass is 289 g/mol. The molecule has 20 heavy (non-hydrogen) atoms. The van der Waals surface area contributed by atoms with Crippen LogP contribution in [0.25, 0.3) is 0 Å². The second kappa shape index (κ2) is 5.22. The molecule has 0 saturated carbocycles. The Balaban J connectivity index is 1.78. The van der Waals surface area contributed by atoms with Gasteiger partial charge in [0.05, 0.1) is 5.69 Å². The maximum absolute atomic E-state index is 12.1. The van der Waals surface area contributed by atoms with Gasteiger partial charge in [0.15, 0.2) is 5.13 Å². The van der Waals surface area contributed by atoms with Gasteiger partial charge in [-0.25, -0.2) is 4.98 Å². The van der Waals surface area contributed by atoms with E-state index in [1.807, 2.05) is 0 Å². The predicted octanol–water partition coefficient (Wildman–Crippen LogP) is 2.06. The highest BCUT2D eigenvalue weighted by Crippen LogP contribution is 2.26. The van der Waals surface area contributed by atoms with E-state index >= 15 is 0 Å². The third-order valence-electron chi connectivity index (χ3n) is 3.28. The van der Waals surface area contributed by atoms with E-state index in [0.29, 0.717) is 16.3 Å². The van der Waals surface area contributed by atoms with Crippen molar-refractivity contribution in [1.29, 1.82) is 0 Å². The molecule has 6 heteroatoms. The van der Waals surface area contributed by atoms with E-state index in [-0.39, 0.29) is 11.7 Å². The number of carbonyl (C=O) groups is 1. The van der Waals surface area contributed by atoms with Crippen LogP contribution < -0.4 is 10.6 Å². The first-order chi connectivity index (χ1) is 9.63. The van der Waals surface area contributed by atoms with E-state index in [4.69, 9.17) is 0 Å². The first-order valence-electron chi connectivity index (χ1n) is 6.44. The van der Waals surface area contributed by atoms with Crippen molar-refractivity contribution in [2.45, 2.75) is 19.9 Å². The number of amides is 1. The average Bonchev–Trinajstić information content (AvgIpc) is 2.83. The minimum Gasteiger partial charge on any atom is -0.508 e. The maximum Gasteiger partial charge on any atom is 0.257 e. The number of hydrogen-bond acceptors (Lipinski definition) is 5. The number of benzene rings is 1. The summed E-state index contributed by atoms with van der Waals surface area (Å²) in [5.41, 5.74) is 2.28. The fraction of sp³-hybridized carbons (Fsp3) is 0.286. The van der Waals surface area contributed by atoms with Crippen LogP contribution in [-0.4, -0.2) is 22.5 Å². The number of aromatic hydroxyl groups is 1. The third-order valence-corrected chi connectivity index (χ3v) is 4.29. The molecule has 0 unspecified atom stereocenters. The first kappa shape index (κ1) is 13.1. The second-order valence-electron chi connectivity index (χ2n) is 4.77. The summed E-state index contributed by atoms with van der Waals surface area (Å²) in [6, 6.07) is 4.80. The SMILES string of the molecule is Cc1cc(C(=O)Nc2nc3c(s2)CNCC3)ccc1O. The molecule has 2 heterocycles. The summed E-state index contributed by atoms with van der Waals surface area (Å²) in [5, 5.41) is 16.2. The number of anilines is 1. The Hall–Kier alpha value is -1.92. The van der Waals surface area contributed by atoms with E-state index in [0.717, 1.165) is 25.2 Å². The van der Waals surface area contributed by atoms with Crippen molar-refractivity contribution in [3.05, 3.63) is 39.9 Å². The molecule has 0 saturated heterocycles. The number of fused-ring (bicyclic) bond motifs is 1. The minimum atomic E-state index is -0.202. The minimum absolute atomic E-state index is 0.192. The van der Waals surface area contributed by atoms with Crippen LogP contribution in [0, 0.1) is 6.92 Å². The van der Waals surface area contributed by atoms with Crippen LogP contribution in [-0.2, 0) is 13.0 Å².